The molecule has 1 aromatic heterocycles. The molecular weight excluding hydrogens is 506 g/mol. The fraction of sp³-hybridized carbons (Fsp3) is 0.312. The van der Waals surface area contributed by atoms with Crippen molar-refractivity contribution in [1.29, 1.82) is 0 Å². The van der Waals surface area contributed by atoms with Gasteiger partial charge < -0.3 is 19.9 Å². The van der Waals surface area contributed by atoms with E-state index in [4.69, 9.17) is 19.9 Å². The summed E-state index contributed by atoms with van der Waals surface area (Å²) in [5, 5.41) is 0. The molecule has 4 aromatic rings. The minimum atomic E-state index is -1.59. The van der Waals surface area contributed by atoms with Gasteiger partial charge in [0.05, 0.1) is 5.92 Å². The summed E-state index contributed by atoms with van der Waals surface area (Å²) >= 11 is 0. The van der Waals surface area contributed by atoms with Crippen molar-refractivity contribution in [3.05, 3.63) is 140 Å². The third-order valence-electron chi connectivity index (χ3n) is 7.99. The molecule has 0 amide bonds. The Morgan fingerprint density at radius 2 is 1.27 bits per heavy atom. The first-order valence-corrected chi connectivity index (χ1v) is 13.4. The molecule has 1 saturated carbocycles. The third-order valence-corrected chi connectivity index (χ3v) is 7.99. The number of aromatic amines is 1. The van der Waals surface area contributed by atoms with Crippen molar-refractivity contribution >= 4 is 0 Å². The standard InChI is InChI=1S/C32H35N3O5/c1-22-21-35(30(37)34-29(22)36)26-19-27(28(33)20-26)32(38-2,39-3)40-31(23-13-7-4-8-14-23,24-15-9-5-10-16-24)25-17-11-6-12-18-25/h4-18,21,26-28H,19-20,33H2,1-3H3,(H,34,36,37)/t26-,27+,28+/m1/s1. The average Bonchev–Trinajstić information content (AvgIpc) is 3.39. The Morgan fingerprint density at radius 1 is 0.800 bits per heavy atom. The summed E-state index contributed by atoms with van der Waals surface area (Å²) < 4.78 is 21.1. The highest BCUT2D eigenvalue weighted by atomic mass is 16.9. The van der Waals surface area contributed by atoms with E-state index in [0.29, 0.717) is 18.4 Å². The Balaban J connectivity index is 1.66. The smallest absolute Gasteiger partial charge is 0.328 e. The van der Waals surface area contributed by atoms with Crippen LogP contribution in [-0.2, 0) is 19.8 Å². The van der Waals surface area contributed by atoms with Crippen LogP contribution in [0.25, 0.3) is 0 Å². The zero-order valence-electron chi connectivity index (χ0n) is 22.9. The molecule has 0 saturated heterocycles. The lowest BCUT2D eigenvalue weighted by atomic mass is 9.79. The molecule has 1 fully saturated rings. The second kappa shape index (κ2) is 11.3. The lowest BCUT2D eigenvalue weighted by molar-refractivity contribution is -0.412. The Labute approximate surface area is 233 Å². The predicted octanol–water partition coefficient (Wildman–Crippen LogP) is 4.08. The van der Waals surface area contributed by atoms with E-state index in [1.807, 2.05) is 91.0 Å². The Kier molecular flexibility index (Phi) is 7.87. The van der Waals surface area contributed by atoms with Gasteiger partial charge in [-0.2, -0.15) is 0 Å². The predicted molar refractivity (Wildman–Crippen MR) is 153 cm³/mol. The molecule has 1 aliphatic carbocycles. The van der Waals surface area contributed by atoms with Crippen molar-refractivity contribution in [2.45, 2.75) is 43.4 Å². The summed E-state index contributed by atoms with van der Waals surface area (Å²) in [7, 11) is 3.09. The lowest BCUT2D eigenvalue weighted by Crippen LogP contribution is -2.55. The largest absolute Gasteiger partial charge is 0.331 e. The molecule has 1 heterocycles. The van der Waals surface area contributed by atoms with Crippen LogP contribution >= 0.6 is 0 Å². The van der Waals surface area contributed by atoms with Gasteiger partial charge in [-0.05, 0) is 36.5 Å². The minimum Gasteiger partial charge on any atom is -0.331 e. The highest BCUT2D eigenvalue weighted by Crippen LogP contribution is 2.49. The van der Waals surface area contributed by atoms with Crippen LogP contribution in [-0.4, -0.2) is 35.8 Å². The number of methoxy groups -OCH3 is 2. The van der Waals surface area contributed by atoms with E-state index < -0.39 is 34.8 Å². The molecule has 3 N–H and O–H groups in total. The number of rotatable bonds is 9. The maximum absolute atomic E-state index is 12.7. The number of ether oxygens (including phenoxy) is 3. The Morgan fingerprint density at radius 3 is 1.73 bits per heavy atom. The second-order valence-corrected chi connectivity index (χ2v) is 10.3. The second-order valence-electron chi connectivity index (χ2n) is 10.3. The molecular formula is C32H35N3O5. The number of aryl methyl sites for hydroxylation is 1. The molecule has 8 heteroatoms. The van der Waals surface area contributed by atoms with Crippen molar-refractivity contribution in [3.8, 4) is 0 Å². The number of nitrogens with zero attached hydrogens (tertiary/aromatic N) is 1. The zero-order valence-corrected chi connectivity index (χ0v) is 22.9. The van der Waals surface area contributed by atoms with E-state index in [2.05, 4.69) is 4.98 Å². The number of hydrogen-bond acceptors (Lipinski definition) is 6. The fourth-order valence-corrected chi connectivity index (χ4v) is 5.99. The highest BCUT2D eigenvalue weighted by molar-refractivity contribution is 5.47. The van der Waals surface area contributed by atoms with Gasteiger partial charge in [0.25, 0.3) is 11.5 Å². The molecule has 0 bridgehead atoms. The van der Waals surface area contributed by atoms with E-state index in [-0.39, 0.29) is 6.04 Å². The van der Waals surface area contributed by atoms with Gasteiger partial charge in [0.2, 0.25) is 0 Å². The van der Waals surface area contributed by atoms with Gasteiger partial charge in [0.1, 0.15) is 5.60 Å². The lowest BCUT2D eigenvalue weighted by Gasteiger charge is -2.46. The topological polar surface area (TPSA) is 109 Å². The Hall–Kier alpha value is -3.82. The SMILES string of the molecule is COC(OC)(OC(c1ccccc1)(c1ccccc1)c1ccccc1)[C@H]1C[C@@H](n2cc(C)c(=O)[nH]c2=O)C[C@@H]1N. The molecule has 8 nitrogen and oxygen atoms in total. The molecule has 0 spiro atoms. The van der Waals surface area contributed by atoms with Gasteiger partial charge in [-0.1, -0.05) is 91.0 Å². The first-order valence-electron chi connectivity index (χ1n) is 13.4. The van der Waals surface area contributed by atoms with Crippen molar-refractivity contribution in [1.82, 2.24) is 9.55 Å². The average molecular weight is 542 g/mol. The van der Waals surface area contributed by atoms with Gasteiger partial charge in [-0.3, -0.25) is 14.3 Å². The molecule has 0 unspecified atom stereocenters. The van der Waals surface area contributed by atoms with Crippen molar-refractivity contribution < 1.29 is 14.2 Å². The van der Waals surface area contributed by atoms with Crippen LogP contribution < -0.4 is 17.0 Å². The van der Waals surface area contributed by atoms with Crippen LogP contribution in [0.5, 0.6) is 0 Å². The van der Waals surface area contributed by atoms with Crippen molar-refractivity contribution in [3.63, 3.8) is 0 Å². The van der Waals surface area contributed by atoms with Gasteiger partial charge >= 0.3 is 5.69 Å². The molecule has 3 aromatic carbocycles. The van der Waals surface area contributed by atoms with E-state index in [9.17, 15) is 9.59 Å². The normalized spacial score (nSPS) is 19.6. The van der Waals surface area contributed by atoms with Crippen LogP contribution in [0, 0.1) is 12.8 Å². The van der Waals surface area contributed by atoms with Gasteiger partial charge in [-0.25, -0.2) is 4.79 Å². The number of nitrogens with one attached hydrogen (secondary N) is 1. The number of nitrogens with two attached hydrogens (primary N) is 1. The van der Waals surface area contributed by atoms with Crippen LogP contribution in [0.2, 0.25) is 0 Å². The highest BCUT2D eigenvalue weighted by Gasteiger charge is 2.55. The fourth-order valence-electron chi connectivity index (χ4n) is 5.99. The minimum absolute atomic E-state index is 0.282. The monoisotopic (exact) mass is 541 g/mol. The molecule has 0 radical (unpaired) electrons. The number of aromatic nitrogens is 2. The first kappa shape index (κ1) is 27.7. The summed E-state index contributed by atoms with van der Waals surface area (Å²) in [6.45, 7) is 1.67. The molecule has 0 aliphatic heterocycles. The van der Waals surface area contributed by atoms with Gasteiger partial charge in [0.15, 0.2) is 0 Å². The molecule has 5 rings (SSSR count). The molecule has 3 atom stereocenters. The molecule has 1 aliphatic rings. The van der Waals surface area contributed by atoms with Crippen molar-refractivity contribution in [2.75, 3.05) is 14.2 Å². The maximum atomic E-state index is 12.7. The number of benzene rings is 3. The van der Waals surface area contributed by atoms with Gasteiger partial charge in [0, 0.05) is 38.1 Å². The van der Waals surface area contributed by atoms with E-state index in [0.717, 1.165) is 16.7 Å². The number of hydrogen-bond donors (Lipinski definition) is 2. The summed E-state index contributed by atoms with van der Waals surface area (Å²) in [5.74, 6) is -2.04. The first-order chi connectivity index (χ1) is 19.3. The summed E-state index contributed by atoms with van der Waals surface area (Å²) in [6.07, 6.45) is 2.50. The quantitative estimate of drug-likeness (QED) is 0.244. The number of H-pyrrole nitrogens is 1. The van der Waals surface area contributed by atoms with E-state index in [1.165, 1.54) is 0 Å². The Bertz CT molecular complexity index is 1440. The van der Waals surface area contributed by atoms with E-state index in [1.54, 1.807) is 31.9 Å². The van der Waals surface area contributed by atoms with E-state index >= 15 is 0 Å². The summed E-state index contributed by atoms with van der Waals surface area (Å²) in [4.78, 5) is 27.1. The van der Waals surface area contributed by atoms with Crippen LogP contribution in [0.3, 0.4) is 0 Å². The molecule has 208 valence electrons. The molecule has 40 heavy (non-hydrogen) atoms. The van der Waals surface area contributed by atoms with Crippen molar-refractivity contribution in [2.24, 2.45) is 11.7 Å². The summed E-state index contributed by atoms with van der Waals surface area (Å²) in [5.41, 5.74) is 7.90. The maximum Gasteiger partial charge on any atom is 0.328 e. The van der Waals surface area contributed by atoms with Crippen LogP contribution in [0.1, 0.15) is 41.1 Å². The zero-order chi connectivity index (χ0) is 28.3. The van der Waals surface area contributed by atoms with Crippen LogP contribution in [0.4, 0.5) is 0 Å². The van der Waals surface area contributed by atoms with Gasteiger partial charge in [-0.15, -0.1) is 0 Å². The van der Waals surface area contributed by atoms with Crippen LogP contribution in [0.15, 0.2) is 107 Å². The third kappa shape index (κ3) is 4.84. The summed E-state index contributed by atoms with van der Waals surface area (Å²) in [6, 6.07) is 29.2.